The van der Waals surface area contributed by atoms with Gasteiger partial charge in [0.15, 0.2) is 0 Å². The summed E-state index contributed by atoms with van der Waals surface area (Å²) >= 11 is 5.86. The lowest BCUT2D eigenvalue weighted by atomic mass is 9.99. The molecule has 33 heavy (non-hydrogen) atoms. The number of hydrogen-bond donors (Lipinski definition) is 4. The summed E-state index contributed by atoms with van der Waals surface area (Å²) < 4.78 is 11.1. The molecule has 1 aromatic rings. The zero-order chi connectivity index (χ0) is 24.6. The van der Waals surface area contributed by atoms with Gasteiger partial charge >= 0.3 is 5.97 Å². The lowest BCUT2D eigenvalue weighted by molar-refractivity contribution is -0.147. The molecule has 188 valence electrons. The molecule has 7 nitrogen and oxygen atoms in total. The Hall–Kier alpha value is -1.26. The number of thiol groups is 1. The highest BCUT2D eigenvalue weighted by molar-refractivity contribution is 7.98. The molecule has 5 atom stereocenters. The van der Waals surface area contributed by atoms with Crippen molar-refractivity contribution in [1.29, 1.82) is 0 Å². The number of rotatable bonds is 17. The summed E-state index contributed by atoms with van der Waals surface area (Å²) in [7, 11) is 1.33. The molecule has 4 N–H and O–H groups in total. The lowest BCUT2D eigenvalue weighted by Crippen LogP contribution is -2.50. The van der Waals surface area contributed by atoms with Gasteiger partial charge in [0, 0.05) is 30.8 Å². The van der Waals surface area contributed by atoms with Crippen LogP contribution in [0.3, 0.4) is 0 Å². The molecule has 0 saturated heterocycles. The van der Waals surface area contributed by atoms with Gasteiger partial charge in [0.25, 0.3) is 0 Å². The van der Waals surface area contributed by atoms with Gasteiger partial charge in [-0.25, -0.2) is 4.79 Å². The van der Waals surface area contributed by atoms with Gasteiger partial charge in [0.05, 0.1) is 13.7 Å². The SMILES string of the molecule is CC[C@H](C)[C@@H](CO[C@@H](Cc1ccccc1)C(=O)N[C@@H](CCSC)C(=O)OC)NC[C@@H](N)CS. The maximum absolute atomic E-state index is 13.2. The lowest BCUT2D eigenvalue weighted by Gasteiger charge is -2.28. The second kappa shape index (κ2) is 17.2. The van der Waals surface area contributed by atoms with Crippen LogP contribution in [0.1, 0.15) is 32.3 Å². The molecule has 1 aromatic carbocycles. The van der Waals surface area contributed by atoms with Crippen molar-refractivity contribution in [3.8, 4) is 0 Å². The number of carbonyl (C=O) groups excluding carboxylic acids is 2. The van der Waals surface area contributed by atoms with Crippen molar-refractivity contribution in [2.24, 2.45) is 11.7 Å². The van der Waals surface area contributed by atoms with Crippen LogP contribution in [-0.4, -0.2) is 74.1 Å². The number of esters is 1. The third kappa shape index (κ3) is 11.6. The number of nitrogens with two attached hydrogens (primary N) is 1. The molecule has 0 aliphatic carbocycles. The Morgan fingerprint density at radius 2 is 1.94 bits per heavy atom. The fraction of sp³-hybridized carbons (Fsp3) is 0.667. The van der Waals surface area contributed by atoms with Crippen LogP contribution in [0.2, 0.25) is 0 Å². The van der Waals surface area contributed by atoms with Crippen molar-refractivity contribution in [2.75, 3.05) is 38.0 Å². The molecular weight excluding hydrogens is 458 g/mol. The van der Waals surface area contributed by atoms with Gasteiger partial charge in [-0.15, -0.1) is 0 Å². The van der Waals surface area contributed by atoms with Gasteiger partial charge in [-0.05, 0) is 29.9 Å². The van der Waals surface area contributed by atoms with Gasteiger partial charge in [0.2, 0.25) is 5.91 Å². The molecule has 0 heterocycles. The van der Waals surface area contributed by atoms with Crippen molar-refractivity contribution in [2.45, 2.75) is 57.3 Å². The second-order valence-corrected chi connectivity index (χ2v) is 9.57. The van der Waals surface area contributed by atoms with E-state index in [4.69, 9.17) is 15.2 Å². The summed E-state index contributed by atoms with van der Waals surface area (Å²) in [6.45, 7) is 5.25. The summed E-state index contributed by atoms with van der Waals surface area (Å²) in [5, 5.41) is 6.31. The molecule has 0 fully saturated rings. The average molecular weight is 500 g/mol. The van der Waals surface area contributed by atoms with E-state index in [1.165, 1.54) is 7.11 Å². The Balaban J connectivity index is 2.94. The van der Waals surface area contributed by atoms with Gasteiger partial charge in [0.1, 0.15) is 12.1 Å². The first kappa shape index (κ1) is 29.8. The summed E-state index contributed by atoms with van der Waals surface area (Å²) in [6.07, 6.45) is 3.09. The standard InChI is InChI=1S/C24H41N3O4S2/c1-5-17(2)21(26-14-19(25)16-32)15-31-22(13-18-9-7-6-8-10-18)23(28)27-20(11-12-33-4)24(29)30-3/h6-10,17,19-22,26,32H,5,11-16,25H2,1-4H3,(H,27,28)/t17-,19+,20-,21+,22-/m0/s1. The summed E-state index contributed by atoms with van der Waals surface area (Å²) in [5.41, 5.74) is 7.00. The summed E-state index contributed by atoms with van der Waals surface area (Å²) in [5.74, 6) is 0.892. The van der Waals surface area contributed by atoms with Gasteiger partial charge in [-0.3, -0.25) is 4.79 Å². The Labute approximate surface area is 208 Å². The number of amides is 1. The molecular formula is C24H41N3O4S2. The molecule has 0 aliphatic rings. The highest BCUT2D eigenvalue weighted by Gasteiger charge is 2.28. The number of ether oxygens (including phenoxy) is 2. The first-order valence-corrected chi connectivity index (χ1v) is 13.5. The summed E-state index contributed by atoms with van der Waals surface area (Å²) in [6, 6.07) is 9.01. The van der Waals surface area contributed by atoms with E-state index >= 15 is 0 Å². The van der Waals surface area contributed by atoms with E-state index in [2.05, 4.69) is 37.1 Å². The van der Waals surface area contributed by atoms with Crippen LogP contribution in [0.25, 0.3) is 0 Å². The Kier molecular flexibility index (Phi) is 15.5. The van der Waals surface area contributed by atoms with Crippen LogP contribution >= 0.6 is 24.4 Å². The van der Waals surface area contributed by atoms with Crippen LogP contribution < -0.4 is 16.4 Å². The molecule has 0 spiro atoms. The smallest absolute Gasteiger partial charge is 0.328 e. The minimum absolute atomic E-state index is 0.0416. The van der Waals surface area contributed by atoms with Crippen molar-refractivity contribution in [3.05, 3.63) is 35.9 Å². The number of hydrogen-bond acceptors (Lipinski definition) is 8. The van der Waals surface area contributed by atoms with Crippen LogP contribution in [0, 0.1) is 5.92 Å². The van der Waals surface area contributed by atoms with E-state index in [1.807, 2.05) is 36.6 Å². The number of methoxy groups -OCH3 is 1. The van der Waals surface area contributed by atoms with E-state index in [-0.39, 0.29) is 18.0 Å². The van der Waals surface area contributed by atoms with E-state index in [1.54, 1.807) is 11.8 Å². The number of thioether (sulfide) groups is 1. The fourth-order valence-corrected chi connectivity index (χ4v) is 3.84. The predicted molar refractivity (Wildman–Crippen MR) is 140 cm³/mol. The van der Waals surface area contributed by atoms with Crippen LogP contribution in [-0.2, 0) is 25.5 Å². The van der Waals surface area contributed by atoms with Gasteiger partial charge < -0.3 is 25.8 Å². The molecule has 0 aliphatic heterocycles. The van der Waals surface area contributed by atoms with E-state index < -0.39 is 18.1 Å². The number of nitrogens with one attached hydrogen (secondary N) is 2. The van der Waals surface area contributed by atoms with Gasteiger partial charge in [-0.1, -0.05) is 50.6 Å². The Bertz CT molecular complexity index is 681. The third-order valence-corrected chi connectivity index (χ3v) is 6.77. The van der Waals surface area contributed by atoms with Crippen molar-refractivity contribution < 1.29 is 19.1 Å². The molecule has 0 aromatic heterocycles. The van der Waals surface area contributed by atoms with Gasteiger partial charge in [-0.2, -0.15) is 24.4 Å². The summed E-state index contributed by atoms with van der Waals surface area (Å²) in [4.78, 5) is 25.4. The zero-order valence-electron chi connectivity index (χ0n) is 20.3. The topological polar surface area (TPSA) is 103 Å². The number of carbonyl (C=O) groups is 2. The number of benzene rings is 1. The Morgan fingerprint density at radius 3 is 2.52 bits per heavy atom. The first-order chi connectivity index (χ1) is 15.9. The van der Waals surface area contributed by atoms with Crippen LogP contribution in [0.5, 0.6) is 0 Å². The minimum atomic E-state index is -0.735. The van der Waals surface area contributed by atoms with E-state index in [9.17, 15) is 9.59 Å². The minimum Gasteiger partial charge on any atom is -0.467 e. The van der Waals surface area contributed by atoms with Crippen molar-refractivity contribution in [3.63, 3.8) is 0 Å². The van der Waals surface area contributed by atoms with E-state index in [0.717, 1.165) is 17.7 Å². The largest absolute Gasteiger partial charge is 0.467 e. The molecule has 9 heteroatoms. The molecule has 0 bridgehead atoms. The molecule has 0 radical (unpaired) electrons. The highest BCUT2D eigenvalue weighted by Crippen LogP contribution is 2.13. The molecule has 1 rings (SSSR count). The normalized spacial score (nSPS) is 15.8. The molecule has 0 saturated carbocycles. The van der Waals surface area contributed by atoms with Crippen molar-refractivity contribution in [1.82, 2.24) is 10.6 Å². The average Bonchev–Trinajstić information content (AvgIpc) is 2.84. The maximum Gasteiger partial charge on any atom is 0.328 e. The molecule has 0 unspecified atom stereocenters. The Morgan fingerprint density at radius 1 is 1.24 bits per heavy atom. The highest BCUT2D eigenvalue weighted by atomic mass is 32.2. The monoisotopic (exact) mass is 499 g/mol. The zero-order valence-corrected chi connectivity index (χ0v) is 22.0. The van der Waals surface area contributed by atoms with Crippen LogP contribution in [0.4, 0.5) is 0 Å². The predicted octanol–water partition coefficient (Wildman–Crippen LogP) is 2.29. The maximum atomic E-state index is 13.2. The quantitative estimate of drug-likeness (QED) is 0.193. The van der Waals surface area contributed by atoms with Crippen LogP contribution in [0.15, 0.2) is 30.3 Å². The molecule has 1 amide bonds. The fourth-order valence-electron chi connectivity index (χ4n) is 3.24. The third-order valence-electron chi connectivity index (χ3n) is 5.65. The first-order valence-electron chi connectivity index (χ1n) is 11.5. The second-order valence-electron chi connectivity index (χ2n) is 8.22. The van der Waals surface area contributed by atoms with E-state index in [0.29, 0.717) is 37.7 Å². The van der Waals surface area contributed by atoms with Crippen molar-refractivity contribution >= 4 is 36.3 Å².